The van der Waals surface area contributed by atoms with Gasteiger partial charge in [-0.15, -0.1) is 0 Å². The highest BCUT2D eigenvalue weighted by atomic mass is 16.5. The van der Waals surface area contributed by atoms with Crippen molar-refractivity contribution >= 4 is 18.2 Å². The molecule has 3 amide bonds. The molecule has 0 fully saturated rings. The summed E-state index contributed by atoms with van der Waals surface area (Å²) in [6.07, 6.45) is 0.492. The molecular weight excluding hydrogens is 348 g/mol. The molecule has 1 aromatic carbocycles. The van der Waals surface area contributed by atoms with Crippen LogP contribution in [-0.4, -0.2) is 49.4 Å². The number of nitrogens with two attached hydrogens (primary N) is 1. The van der Waals surface area contributed by atoms with Crippen molar-refractivity contribution in [2.24, 2.45) is 5.73 Å². The van der Waals surface area contributed by atoms with Crippen LogP contribution in [0, 0.1) is 0 Å². The number of rotatable bonds is 9. The van der Waals surface area contributed by atoms with Crippen LogP contribution in [0.5, 0.6) is 0 Å². The van der Waals surface area contributed by atoms with Crippen LogP contribution in [0.1, 0.15) is 50.6 Å². The summed E-state index contributed by atoms with van der Waals surface area (Å²) in [6, 6.07) is 6.30. The van der Waals surface area contributed by atoms with E-state index in [4.69, 9.17) is 10.5 Å². The molecule has 150 valence electrons. The van der Waals surface area contributed by atoms with Crippen LogP contribution in [0.2, 0.25) is 0 Å². The van der Waals surface area contributed by atoms with Crippen LogP contribution in [0.15, 0.2) is 24.3 Å². The van der Waals surface area contributed by atoms with E-state index in [1.165, 1.54) is 4.90 Å². The van der Waals surface area contributed by atoms with Gasteiger partial charge in [0, 0.05) is 11.6 Å². The van der Waals surface area contributed by atoms with Crippen molar-refractivity contribution in [2.45, 2.75) is 45.5 Å². The van der Waals surface area contributed by atoms with Gasteiger partial charge in [0.2, 0.25) is 18.2 Å². The Morgan fingerprint density at radius 1 is 1.30 bits per heavy atom. The Hall–Kier alpha value is -2.45. The molecule has 27 heavy (non-hydrogen) atoms. The van der Waals surface area contributed by atoms with Gasteiger partial charge >= 0.3 is 0 Å². The lowest BCUT2D eigenvalue weighted by atomic mass is 10.0. The number of fused-ring (bicyclic) bond motifs is 1. The van der Waals surface area contributed by atoms with Crippen LogP contribution in [0.25, 0.3) is 0 Å². The van der Waals surface area contributed by atoms with Crippen LogP contribution in [0.4, 0.5) is 0 Å². The summed E-state index contributed by atoms with van der Waals surface area (Å²) in [5.41, 5.74) is 6.89. The molecular formula is C19H30N4O4. The lowest BCUT2D eigenvalue weighted by Crippen LogP contribution is -2.39. The molecule has 3 unspecified atom stereocenters. The Morgan fingerprint density at radius 2 is 1.93 bits per heavy atom. The van der Waals surface area contributed by atoms with E-state index < -0.39 is 18.2 Å². The van der Waals surface area contributed by atoms with Crippen LogP contribution in [-0.2, 0) is 19.1 Å². The molecule has 0 saturated carbocycles. The maximum atomic E-state index is 11.8. The topological polar surface area (TPSA) is 114 Å². The molecule has 1 heterocycles. The maximum Gasteiger partial charge on any atom is 0.244 e. The summed E-state index contributed by atoms with van der Waals surface area (Å²) in [4.78, 5) is 36.1. The normalized spacial score (nSPS) is 18.7. The minimum absolute atomic E-state index is 0.0749. The molecule has 0 aromatic heterocycles. The van der Waals surface area contributed by atoms with E-state index in [9.17, 15) is 14.4 Å². The number of carbonyl (C=O) groups is 3. The Balaban J connectivity index is 0.00000176. The van der Waals surface area contributed by atoms with Crippen molar-refractivity contribution in [3.63, 3.8) is 0 Å². The van der Waals surface area contributed by atoms with Gasteiger partial charge in [-0.2, -0.15) is 0 Å². The third-order valence-electron chi connectivity index (χ3n) is 4.09. The Kier molecular flexibility index (Phi) is 9.46. The Bertz CT molecular complexity index is 638. The first-order chi connectivity index (χ1) is 13.0. The van der Waals surface area contributed by atoms with E-state index in [1.54, 1.807) is 19.2 Å². The first-order valence-corrected chi connectivity index (χ1v) is 9.16. The highest BCUT2D eigenvalue weighted by Crippen LogP contribution is 2.41. The number of likely N-dealkylation sites (N-methyl/N-ethyl adjacent to an activating group) is 1. The fourth-order valence-electron chi connectivity index (χ4n) is 2.95. The lowest BCUT2D eigenvalue weighted by molar-refractivity contribution is -0.144. The van der Waals surface area contributed by atoms with Crippen molar-refractivity contribution in [1.82, 2.24) is 15.5 Å². The number of benzene rings is 1. The second-order valence-corrected chi connectivity index (χ2v) is 6.00. The van der Waals surface area contributed by atoms with E-state index in [2.05, 4.69) is 10.6 Å². The zero-order valence-electron chi connectivity index (χ0n) is 16.4. The van der Waals surface area contributed by atoms with Crippen LogP contribution >= 0.6 is 0 Å². The first-order valence-electron chi connectivity index (χ1n) is 9.16. The molecule has 0 radical (unpaired) electrons. The summed E-state index contributed by atoms with van der Waals surface area (Å²) in [6.45, 7) is 6.44. The zero-order chi connectivity index (χ0) is 20.4. The predicted molar refractivity (Wildman–Crippen MR) is 102 cm³/mol. The molecule has 1 aromatic rings. The van der Waals surface area contributed by atoms with Gasteiger partial charge in [0.25, 0.3) is 0 Å². The Labute approximate surface area is 160 Å². The van der Waals surface area contributed by atoms with E-state index >= 15 is 0 Å². The van der Waals surface area contributed by atoms with Gasteiger partial charge in [-0.25, -0.2) is 0 Å². The second kappa shape index (κ2) is 11.3. The van der Waals surface area contributed by atoms with Gasteiger partial charge in [0.05, 0.1) is 13.2 Å². The highest BCUT2D eigenvalue weighted by Gasteiger charge is 2.41. The number of nitrogens with zero attached hydrogens (tertiary/aromatic N) is 1. The van der Waals surface area contributed by atoms with Crippen LogP contribution < -0.4 is 16.4 Å². The van der Waals surface area contributed by atoms with Crippen molar-refractivity contribution < 1.29 is 19.1 Å². The summed E-state index contributed by atoms with van der Waals surface area (Å²) < 4.78 is 5.85. The molecule has 1 aliphatic rings. The van der Waals surface area contributed by atoms with Crippen molar-refractivity contribution in [2.75, 3.05) is 20.2 Å². The third-order valence-corrected chi connectivity index (χ3v) is 4.09. The van der Waals surface area contributed by atoms with Crippen LogP contribution in [0.3, 0.4) is 0 Å². The molecule has 8 nitrogen and oxygen atoms in total. The Morgan fingerprint density at radius 3 is 2.48 bits per heavy atom. The molecule has 0 bridgehead atoms. The van der Waals surface area contributed by atoms with E-state index in [0.29, 0.717) is 25.0 Å². The fourth-order valence-corrected chi connectivity index (χ4v) is 2.95. The molecule has 0 saturated heterocycles. The standard InChI is InChI=1S/C17H24N4O4.C2H6/c1-11(20-14(23)9-19-2)7-8-25-17-13-6-4-3-5-12(13)15(16(18)24)21(17)10-22;1-2/h3-6,10-11,15,17,19H,7-9H2,1-2H3,(H2,18,24)(H,20,23);1-2H3. The molecule has 0 aliphatic carbocycles. The molecule has 2 rings (SSSR count). The van der Waals surface area contributed by atoms with E-state index in [1.807, 2.05) is 32.9 Å². The van der Waals surface area contributed by atoms with Gasteiger partial charge in [0.15, 0.2) is 6.23 Å². The number of primary amides is 1. The first kappa shape index (κ1) is 22.6. The monoisotopic (exact) mass is 378 g/mol. The fraction of sp³-hybridized carbons (Fsp3) is 0.526. The molecule has 3 atom stereocenters. The van der Waals surface area contributed by atoms with Gasteiger partial charge < -0.3 is 21.1 Å². The van der Waals surface area contributed by atoms with Gasteiger partial charge in [-0.3, -0.25) is 19.3 Å². The predicted octanol–water partition coefficient (Wildman–Crippen LogP) is 0.841. The zero-order valence-corrected chi connectivity index (χ0v) is 16.4. The number of amides is 3. The van der Waals surface area contributed by atoms with E-state index in [-0.39, 0.29) is 18.5 Å². The maximum absolute atomic E-state index is 11.8. The summed E-state index contributed by atoms with van der Waals surface area (Å²) in [5, 5.41) is 5.62. The quantitative estimate of drug-likeness (QED) is 0.551. The summed E-state index contributed by atoms with van der Waals surface area (Å²) >= 11 is 0. The van der Waals surface area contributed by atoms with Gasteiger partial charge in [-0.1, -0.05) is 38.1 Å². The molecule has 1 aliphatic heterocycles. The number of nitrogens with one attached hydrogen (secondary N) is 2. The number of hydrogen-bond donors (Lipinski definition) is 3. The van der Waals surface area contributed by atoms with Crippen molar-refractivity contribution in [1.29, 1.82) is 0 Å². The smallest absolute Gasteiger partial charge is 0.244 e. The lowest BCUT2D eigenvalue weighted by Gasteiger charge is -2.25. The van der Waals surface area contributed by atoms with E-state index in [0.717, 1.165) is 5.56 Å². The number of hydrogen-bond acceptors (Lipinski definition) is 5. The van der Waals surface area contributed by atoms with Gasteiger partial charge in [0.1, 0.15) is 6.04 Å². The SMILES string of the molecule is CC.CNCC(=O)NC(C)CCOC1c2ccccc2C(C(N)=O)N1C=O. The molecule has 8 heteroatoms. The number of carbonyl (C=O) groups excluding carboxylic acids is 3. The molecule has 4 N–H and O–H groups in total. The van der Waals surface area contributed by atoms with Crippen molar-refractivity contribution in [3.8, 4) is 0 Å². The third kappa shape index (κ3) is 5.77. The summed E-state index contributed by atoms with van der Waals surface area (Å²) in [5.74, 6) is -0.692. The minimum Gasteiger partial charge on any atom is -0.368 e. The van der Waals surface area contributed by atoms with Crippen molar-refractivity contribution in [3.05, 3.63) is 35.4 Å². The van der Waals surface area contributed by atoms with Gasteiger partial charge in [-0.05, 0) is 26.0 Å². The largest absolute Gasteiger partial charge is 0.368 e. The number of ether oxygens (including phenoxy) is 1. The molecule has 0 spiro atoms. The average Bonchev–Trinajstić information content (AvgIpc) is 2.97. The highest BCUT2D eigenvalue weighted by molar-refractivity contribution is 5.85. The average molecular weight is 378 g/mol. The second-order valence-electron chi connectivity index (χ2n) is 6.00. The summed E-state index contributed by atoms with van der Waals surface area (Å²) in [7, 11) is 1.70. The minimum atomic E-state index is -0.827.